The maximum atomic E-state index is 13.3. The zero-order valence-electron chi connectivity index (χ0n) is 18.4. The molecular formula is C24H28N4O4. The molecule has 3 aliphatic rings. The van der Waals surface area contributed by atoms with Crippen LogP contribution in [0.2, 0.25) is 0 Å². The van der Waals surface area contributed by atoms with E-state index < -0.39 is 0 Å². The molecule has 3 heterocycles. The first-order valence-electron chi connectivity index (χ1n) is 11.4. The summed E-state index contributed by atoms with van der Waals surface area (Å²) in [6.45, 7) is 3.73. The lowest BCUT2D eigenvalue weighted by Crippen LogP contribution is -2.53. The molecule has 0 spiro atoms. The zero-order valence-corrected chi connectivity index (χ0v) is 18.4. The highest BCUT2D eigenvalue weighted by Crippen LogP contribution is 2.33. The van der Waals surface area contributed by atoms with E-state index in [2.05, 4.69) is 18.0 Å². The summed E-state index contributed by atoms with van der Waals surface area (Å²) < 4.78 is 0. The van der Waals surface area contributed by atoms with Crippen molar-refractivity contribution in [2.45, 2.75) is 39.0 Å². The van der Waals surface area contributed by atoms with E-state index in [1.165, 1.54) is 11.3 Å². The van der Waals surface area contributed by atoms with Crippen molar-refractivity contribution in [1.82, 2.24) is 19.7 Å². The lowest BCUT2D eigenvalue weighted by atomic mass is 9.87. The predicted octanol–water partition coefficient (Wildman–Crippen LogP) is 1.73. The van der Waals surface area contributed by atoms with Crippen molar-refractivity contribution in [2.24, 2.45) is 5.92 Å². The Hall–Kier alpha value is -3.16. The van der Waals surface area contributed by atoms with Gasteiger partial charge in [0.15, 0.2) is 0 Å². The molecule has 4 amide bonds. The molecule has 0 radical (unpaired) electrons. The van der Waals surface area contributed by atoms with Gasteiger partial charge in [-0.3, -0.25) is 24.1 Å². The molecule has 168 valence electrons. The van der Waals surface area contributed by atoms with E-state index in [1.807, 2.05) is 12.1 Å². The van der Waals surface area contributed by atoms with E-state index in [1.54, 1.807) is 9.80 Å². The smallest absolute Gasteiger partial charge is 0.256 e. The van der Waals surface area contributed by atoms with Crippen LogP contribution in [0.15, 0.2) is 18.2 Å². The molecule has 1 unspecified atom stereocenters. The first-order valence-corrected chi connectivity index (χ1v) is 11.4. The largest absolute Gasteiger partial charge is 0.358 e. The molecule has 0 bridgehead atoms. The van der Waals surface area contributed by atoms with Crippen molar-refractivity contribution in [2.75, 3.05) is 32.7 Å². The fourth-order valence-corrected chi connectivity index (χ4v) is 5.16. The number of carbonyl (C=O) groups is 4. The maximum Gasteiger partial charge on any atom is 0.256 e. The molecule has 1 aromatic carbocycles. The summed E-state index contributed by atoms with van der Waals surface area (Å²) in [4.78, 5) is 57.5. The van der Waals surface area contributed by atoms with E-state index in [-0.39, 0.29) is 43.0 Å². The van der Waals surface area contributed by atoms with Crippen LogP contribution in [0.4, 0.5) is 0 Å². The standard InChI is InChI=1S/C24H28N4O4/c1-15-5-6-19-18(13-15)16-3-2-4-17(23(16)25-19)24(32)27-11-9-26(10-12-27)22(31)14-28-20(29)7-8-21(28)30/h2-4,15,25H,5-14H2,1H3. The van der Waals surface area contributed by atoms with Gasteiger partial charge < -0.3 is 14.8 Å². The third-order valence-electron chi connectivity index (χ3n) is 7.07. The van der Waals surface area contributed by atoms with Crippen LogP contribution in [0.25, 0.3) is 10.9 Å². The van der Waals surface area contributed by atoms with Crippen LogP contribution in [-0.4, -0.2) is 76.0 Å². The number of amides is 4. The molecule has 5 rings (SSSR count). The Morgan fingerprint density at radius 2 is 1.69 bits per heavy atom. The molecule has 2 aliphatic heterocycles. The first kappa shape index (κ1) is 20.7. The van der Waals surface area contributed by atoms with Crippen LogP contribution >= 0.6 is 0 Å². The number of aromatic amines is 1. The summed E-state index contributed by atoms with van der Waals surface area (Å²) in [5.74, 6) is -0.188. The Labute approximate surface area is 186 Å². The highest BCUT2D eigenvalue weighted by Gasteiger charge is 2.33. The van der Waals surface area contributed by atoms with Crippen LogP contribution in [0, 0.1) is 5.92 Å². The summed E-state index contributed by atoms with van der Waals surface area (Å²) in [5.41, 5.74) is 4.19. The number of benzene rings is 1. The number of nitrogens with zero attached hydrogens (tertiary/aromatic N) is 3. The van der Waals surface area contributed by atoms with E-state index >= 15 is 0 Å². The molecule has 0 saturated carbocycles. The van der Waals surface area contributed by atoms with E-state index in [9.17, 15) is 19.2 Å². The highest BCUT2D eigenvalue weighted by atomic mass is 16.2. The third-order valence-corrected chi connectivity index (χ3v) is 7.07. The Kier molecular flexibility index (Phi) is 5.23. The Morgan fingerprint density at radius 3 is 2.41 bits per heavy atom. The second-order valence-electron chi connectivity index (χ2n) is 9.20. The molecule has 1 N–H and O–H groups in total. The molecule has 2 saturated heterocycles. The molecule has 1 atom stereocenters. The molecule has 8 nitrogen and oxygen atoms in total. The van der Waals surface area contributed by atoms with Gasteiger partial charge in [-0.1, -0.05) is 19.1 Å². The van der Waals surface area contributed by atoms with Crippen molar-refractivity contribution in [3.05, 3.63) is 35.0 Å². The van der Waals surface area contributed by atoms with Gasteiger partial charge in [-0.2, -0.15) is 0 Å². The number of rotatable bonds is 3. The highest BCUT2D eigenvalue weighted by molar-refractivity contribution is 6.07. The van der Waals surface area contributed by atoms with Crippen LogP contribution in [-0.2, 0) is 27.2 Å². The lowest BCUT2D eigenvalue weighted by Gasteiger charge is -2.35. The molecule has 2 fully saturated rings. The molecular weight excluding hydrogens is 408 g/mol. The fourth-order valence-electron chi connectivity index (χ4n) is 5.16. The molecule has 1 aliphatic carbocycles. The summed E-state index contributed by atoms with van der Waals surface area (Å²) in [6.07, 6.45) is 3.58. The summed E-state index contributed by atoms with van der Waals surface area (Å²) in [7, 11) is 0. The van der Waals surface area contributed by atoms with Crippen molar-refractivity contribution in [3.8, 4) is 0 Å². The van der Waals surface area contributed by atoms with Crippen molar-refractivity contribution in [1.29, 1.82) is 0 Å². The number of para-hydroxylation sites is 1. The second kappa shape index (κ2) is 8.07. The number of hydrogen-bond donors (Lipinski definition) is 1. The van der Waals surface area contributed by atoms with E-state index in [0.717, 1.165) is 35.1 Å². The van der Waals surface area contributed by atoms with Gasteiger partial charge >= 0.3 is 0 Å². The number of H-pyrrole nitrogens is 1. The van der Waals surface area contributed by atoms with Crippen molar-refractivity contribution in [3.63, 3.8) is 0 Å². The topological polar surface area (TPSA) is 93.8 Å². The lowest BCUT2D eigenvalue weighted by molar-refractivity contribution is -0.146. The Balaban J connectivity index is 1.27. The number of hydrogen-bond acceptors (Lipinski definition) is 4. The maximum absolute atomic E-state index is 13.3. The first-order chi connectivity index (χ1) is 15.4. The number of fused-ring (bicyclic) bond motifs is 3. The average Bonchev–Trinajstić information content (AvgIpc) is 3.33. The quantitative estimate of drug-likeness (QED) is 0.742. The van der Waals surface area contributed by atoms with Gasteiger partial charge in [0.05, 0.1) is 11.1 Å². The molecule has 1 aromatic heterocycles. The number of aryl methyl sites for hydroxylation is 1. The Morgan fingerprint density at radius 1 is 1.00 bits per heavy atom. The second-order valence-corrected chi connectivity index (χ2v) is 9.20. The minimum atomic E-state index is -0.284. The summed E-state index contributed by atoms with van der Waals surface area (Å²) in [6, 6.07) is 5.92. The number of nitrogens with one attached hydrogen (secondary N) is 1. The van der Waals surface area contributed by atoms with E-state index in [0.29, 0.717) is 37.7 Å². The van der Waals surface area contributed by atoms with Gasteiger partial charge in [-0.25, -0.2) is 0 Å². The zero-order chi connectivity index (χ0) is 22.4. The molecule has 2 aromatic rings. The minimum absolute atomic E-state index is 0.0285. The van der Waals surface area contributed by atoms with Crippen LogP contribution in [0.5, 0.6) is 0 Å². The van der Waals surface area contributed by atoms with Gasteiger partial charge in [0.25, 0.3) is 5.91 Å². The van der Waals surface area contributed by atoms with E-state index in [4.69, 9.17) is 0 Å². The van der Waals surface area contributed by atoms with Gasteiger partial charge in [0.2, 0.25) is 17.7 Å². The third kappa shape index (κ3) is 3.57. The van der Waals surface area contributed by atoms with Gasteiger partial charge in [0.1, 0.15) is 6.54 Å². The van der Waals surface area contributed by atoms with Crippen LogP contribution in [0.3, 0.4) is 0 Å². The SMILES string of the molecule is CC1CCc2[nH]c3c(C(=O)N4CCN(C(=O)CN5C(=O)CCC5=O)CC4)cccc3c2C1. The van der Waals surface area contributed by atoms with Gasteiger partial charge in [-0.15, -0.1) is 0 Å². The van der Waals surface area contributed by atoms with Gasteiger partial charge in [0, 0.05) is 50.1 Å². The van der Waals surface area contributed by atoms with Gasteiger partial charge in [-0.05, 0) is 36.8 Å². The summed E-state index contributed by atoms with van der Waals surface area (Å²) in [5, 5.41) is 1.14. The minimum Gasteiger partial charge on any atom is -0.358 e. The van der Waals surface area contributed by atoms with Crippen LogP contribution < -0.4 is 0 Å². The number of piperazine rings is 1. The molecule has 8 heteroatoms. The molecule has 32 heavy (non-hydrogen) atoms. The Bertz CT molecular complexity index is 1100. The summed E-state index contributed by atoms with van der Waals surface area (Å²) >= 11 is 0. The number of aromatic nitrogens is 1. The monoisotopic (exact) mass is 436 g/mol. The van der Waals surface area contributed by atoms with Crippen molar-refractivity contribution < 1.29 is 19.2 Å². The average molecular weight is 437 g/mol. The normalized spacial score (nSPS) is 21.4. The van der Waals surface area contributed by atoms with Crippen LogP contribution in [0.1, 0.15) is 47.8 Å². The fraction of sp³-hybridized carbons (Fsp3) is 0.500. The van der Waals surface area contributed by atoms with Crippen molar-refractivity contribution >= 4 is 34.5 Å². The number of carbonyl (C=O) groups excluding carboxylic acids is 4. The predicted molar refractivity (Wildman–Crippen MR) is 118 cm³/mol. The number of likely N-dealkylation sites (tertiary alicyclic amines) is 1. The number of imide groups is 1.